The van der Waals surface area contributed by atoms with Gasteiger partial charge >= 0.3 is 6.01 Å². The fourth-order valence-electron chi connectivity index (χ4n) is 1.73. The molecule has 96 valence electrons. The summed E-state index contributed by atoms with van der Waals surface area (Å²) in [7, 11) is 1.33. The molecule has 0 saturated carbocycles. The minimum Gasteiger partial charge on any atom is -0.467 e. The molecule has 1 unspecified atom stereocenters. The second kappa shape index (κ2) is 4.55. The van der Waals surface area contributed by atoms with E-state index in [2.05, 4.69) is 9.97 Å². The van der Waals surface area contributed by atoms with Crippen LogP contribution in [-0.4, -0.2) is 35.4 Å². The number of methoxy groups -OCH3 is 1. The number of halogens is 1. The van der Waals surface area contributed by atoms with Crippen LogP contribution in [0.4, 0.5) is 10.2 Å². The number of nitrogens with zero attached hydrogens (tertiary/aromatic N) is 3. The molecule has 2 heterocycles. The molecular formula is C10H11FN4O3. The predicted molar refractivity (Wildman–Crippen MR) is 58.2 cm³/mol. The Kier molecular flexibility index (Phi) is 3.09. The van der Waals surface area contributed by atoms with Gasteiger partial charge in [-0.25, -0.2) is 9.37 Å². The Morgan fingerprint density at radius 1 is 1.67 bits per heavy atom. The molecule has 1 aromatic rings. The number of amides is 2. The van der Waals surface area contributed by atoms with Crippen molar-refractivity contribution >= 4 is 17.6 Å². The van der Waals surface area contributed by atoms with Gasteiger partial charge in [-0.1, -0.05) is 0 Å². The lowest BCUT2D eigenvalue weighted by molar-refractivity contribution is -0.123. The summed E-state index contributed by atoms with van der Waals surface area (Å²) in [6, 6.07) is -0.0540. The normalized spacial score (nSPS) is 19.1. The van der Waals surface area contributed by atoms with Gasteiger partial charge in [-0.3, -0.25) is 14.5 Å². The van der Waals surface area contributed by atoms with Gasteiger partial charge in [-0.2, -0.15) is 4.98 Å². The highest BCUT2D eigenvalue weighted by Gasteiger charge is 2.36. The van der Waals surface area contributed by atoms with Crippen LogP contribution in [0.5, 0.6) is 6.01 Å². The van der Waals surface area contributed by atoms with Crippen molar-refractivity contribution in [2.24, 2.45) is 11.7 Å². The molecule has 18 heavy (non-hydrogen) atoms. The molecule has 2 N–H and O–H groups in total. The Bertz CT molecular complexity index is 508. The zero-order valence-corrected chi connectivity index (χ0v) is 9.59. The van der Waals surface area contributed by atoms with Crippen LogP contribution < -0.4 is 15.4 Å². The molecule has 0 spiro atoms. The van der Waals surface area contributed by atoms with Crippen LogP contribution in [-0.2, 0) is 9.59 Å². The highest BCUT2D eigenvalue weighted by atomic mass is 19.1. The number of ether oxygens (including phenoxy) is 1. The first-order chi connectivity index (χ1) is 8.52. The number of carbonyl (C=O) groups excluding carboxylic acids is 2. The van der Waals surface area contributed by atoms with Crippen molar-refractivity contribution in [2.45, 2.75) is 6.42 Å². The summed E-state index contributed by atoms with van der Waals surface area (Å²) < 4.78 is 18.3. The maximum absolute atomic E-state index is 13.6. The summed E-state index contributed by atoms with van der Waals surface area (Å²) in [6.45, 7) is 0.0191. The standard InChI is InChI=1S/C10H11FN4O3/c1-18-10-13-3-6(11)9(14-10)15-4-5(8(12)17)2-7(15)16/h3,5H,2,4H2,1H3,(H2,12,17). The van der Waals surface area contributed by atoms with Gasteiger partial charge < -0.3 is 10.5 Å². The Labute approximate surface area is 102 Å². The predicted octanol–water partition coefficient (Wildman–Crippen LogP) is -0.538. The largest absolute Gasteiger partial charge is 0.467 e. The third-order valence-electron chi connectivity index (χ3n) is 2.67. The van der Waals surface area contributed by atoms with E-state index in [4.69, 9.17) is 10.5 Å². The summed E-state index contributed by atoms with van der Waals surface area (Å²) in [5, 5.41) is 0. The summed E-state index contributed by atoms with van der Waals surface area (Å²) in [4.78, 5) is 31.1. The Morgan fingerprint density at radius 3 is 2.94 bits per heavy atom. The van der Waals surface area contributed by atoms with Crippen molar-refractivity contribution in [3.8, 4) is 6.01 Å². The van der Waals surface area contributed by atoms with Crippen molar-refractivity contribution in [1.29, 1.82) is 0 Å². The highest BCUT2D eigenvalue weighted by molar-refractivity contribution is 5.99. The first-order valence-electron chi connectivity index (χ1n) is 5.19. The fourth-order valence-corrected chi connectivity index (χ4v) is 1.73. The number of nitrogens with two attached hydrogens (primary N) is 1. The van der Waals surface area contributed by atoms with Gasteiger partial charge in [0.15, 0.2) is 11.6 Å². The van der Waals surface area contributed by atoms with E-state index < -0.39 is 23.5 Å². The van der Waals surface area contributed by atoms with Gasteiger partial charge in [-0.15, -0.1) is 0 Å². The minimum atomic E-state index is -0.755. The molecule has 1 aliphatic rings. The van der Waals surface area contributed by atoms with Crippen LogP contribution in [0.25, 0.3) is 0 Å². The van der Waals surface area contributed by atoms with E-state index in [1.807, 2.05) is 0 Å². The first kappa shape index (κ1) is 12.2. The van der Waals surface area contributed by atoms with Crippen molar-refractivity contribution in [2.75, 3.05) is 18.6 Å². The van der Waals surface area contributed by atoms with E-state index >= 15 is 0 Å². The molecule has 1 saturated heterocycles. The lowest BCUT2D eigenvalue weighted by atomic mass is 10.1. The van der Waals surface area contributed by atoms with E-state index in [9.17, 15) is 14.0 Å². The van der Waals surface area contributed by atoms with E-state index in [0.717, 1.165) is 11.1 Å². The van der Waals surface area contributed by atoms with Crippen LogP contribution in [0.2, 0.25) is 0 Å². The average molecular weight is 254 g/mol. The van der Waals surface area contributed by atoms with Gasteiger partial charge in [-0.05, 0) is 0 Å². The molecule has 8 heteroatoms. The number of carbonyl (C=O) groups is 2. The zero-order chi connectivity index (χ0) is 13.3. The molecule has 0 aromatic carbocycles. The smallest absolute Gasteiger partial charge is 0.318 e. The number of aromatic nitrogens is 2. The minimum absolute atomic E-state index is 0.0191. The van der Waals surface area contributed by atoms with Crippen LogP contribution in [0.1, 0.15) is 6.42 Å². The fraction of sp³-hybridized carbons (Fsp3) is 0.400. The topological polar surface area (TPSA) is 98.4 Å². The van der Waals surface area contributed by atoms with Crippen molar-refractivity contribution < 1.29 is 18.7 Å². The summed E-state index contributed by atoms with van der Waals surface area (Å²) in [5.41, 5.74) is 5.13. The SMILES string of the molecule is COc1ncc(F)c(N2CC(C(N)=O)CC2=O)n1. The third kappa shape index (κ3) is 2.08. The number of primary amides is 1. The Morgan fingerprint density at radius 2 is 2.39 bits per heavy atom. The van der Waals surface area contributed by atoms with E-state index in [0.29, 0.717) is 0 Å². The third-order valence-corrected chi connectivity index (χ3v) is 2.67. The zero-order valence-electron chi connectivity index (χ0n) is 9.59. The number of hydrogen-bond acceptors (Lipinski definition) is 5. The van der Waals surface area contributed by atoms with E-state index in [1.165, 1.54) is 7.11 Å². The highest BCUT2D eigenvalue weighted by Crippen LogP contribution is 2.26. The maximum Gasteiger partial charge on any atom is 0.318 e. The van der Waals surface area contributed by atoms with Crippen LogP contribution in [0.15, 0.2) is 6.20 Å². The van der Waals surface area contributed by atoms with Crippen LogP contribution >= 0.6 is 0 Å². The molecule has 0 bridgehead atoms. The van der Waals surface area contributed by atoms with E-state index in [-0.39, 0.29) is 24.8 Å². The molecule has 2 rings (SSSR count). The molecule has 7 nitrogen and oxygen atoms in total. The van der Waals surface area contributed by atoms with Gasteiger partial charge in [0.05, 0.1) is 19.2 Å². The van der Waals surface area contributed by atoms with Gasteiger partial charge in [0, 0.05) is 13.0 Å². The van der Waals surface area contributed by atoms with Gasteiger partial charge in [0.25, 0.3) is 0 Å². The summed E-state index contributed by atoms with van der Waals surface area (Å²) in [6.07, 6.45) is 0.868. The average Bonchev–Trinajstić information content (AvgIpc) is 2.72. The number of hydrogen-bond donors (Lipinski definition) is 1. The monoisotopic (exact) mass is 254 g/mol. The van der Waals surface area contributed by atoms with Crippen molar-refractivity contribution in [3.63, 3.8) is 0 Å². The maximum atomic E-state index is 13.6. The molecule has 1 fully saturated rings. The van der Waals surface area contributed by atoms with Crippen LogP contribution in [0.3, 0.4) is 0 Å². The van der Waals surface area contributed by atoms with Crippen molar-refractivity contribution in [1.82, 2.24) is 9.97 Å². The molecule has 2 amide bonds. The lowest BCUT2D eigenvalue weighted by Gasteiger charge is -2.15. The Balaban J connectivity index is 2.32. The van der Waals surface area contributed by atoms with Crippen LogP contribution in [0, 0.1) is 11.7 Å². The number of rotatable bonds is 3. The molecule has 1 atom stereocenters. The summed E-state index contributed by atoms with van der Waals surface area (Å²) >= 11 is 0. The molecule has 1 aliphatic heterocycles. The first-order valence-corrected chi connectivity index (χ1v) is 5.19. The summed E-state index contributed by atoms with van der Waals surface area (Å²) in [5.74, 6) is -2.58. The van der Waals surface area contributed by atoms with Gasteiger partial charge in [0.2, 0.25) is 11.8 Å². The molecule has 1 aromatic heterocycles. The molecule has 0 aliphatic carbocycles. The Hall–Kier alpha value is -2.25. The van der Waals surface area contributed by atoms with E-state index in [1.54, 1.807) is 0 Å². The molecular weight excluding hydrogens is 243 g/mol. The second-order valence-corrected chi connectivity index (χ2v) is 3.84. The van der Waals surface area contributed by atoms with Crippen molar-refractivity contribution in [3.05, 3.63) is 12.0 Å². The second-order valence-electron chi connectivity index (χ2n) is 3.84. The molecule has 0 radical (unpaired) electrons. The van der Waals surface area contributed by atoms with Gasteiger partial charge in [0.1, 0.15) is 0 Å². The number of anilines is 1. The lowest BCUT2D eigenvalue weighted by Crippen LogP contribution is -2.29. The quantitative estimate of drug-likeness (QED) is 0.781.